The molecule has 0 radical (unpaired) electrons. The predicted molar refractivity (Wildman–Crippen MR) is 110 cm³/mol. The molecule has 3 rings (SSSR count). The van der Waals surface area contributed by atoms with Crippen molar-refractivity contribution in [3.8, 4) is 5.75 Å². The number of rotatable bonds is 5. The van der Waals surface area contributed by atoms with Gasteiger partial charge in [-0.15, -0.1) is 0 Å². The van der Waals surface area contributed by atoms with Gasteiger partial charge in [-0.2, -0.15) is 0 Å². The van der Waals surface area contributed by atoms with E-state index in [-0.39, 0.29) is 13.2 Å². The average molecular weight is 372 g/mol. The highest BCUT2D eigenvalue weighted by Gasteiger charge is 2.30. The zero-order chi connectivity index (χ0) is 19.7. The molecule has 1 aliphatic carbocycles. The summed E-state index contributed by atoms with van der Waals surface area (Å²) in [7, 11) is 0. The van der Waals surface area contributed by atoms with Gasteiger partial charge in [0, 0.05) is 0 Å². The Morgan fingerprint density at radius 3 is 2.11 bits per heavy atom. The molecule has 2 aromatic carbocycles. The van der Waals surface area contributed by atoms with Gasteiger partial charge in [-0.25, -0.2) is 0 Å². The highest BCUT2D eigenvalue weighted by Crippen LogP contribution is 2.39. The van der Waals surface area contributed by atoms with Crippen molar-refractivity contribution in [1.82, 2.24) is 0 Å². The van der Waals surface area contributed by atoms with Crippen LogP contribution in [0.4, 0.5) is 0 Å². The van der Waals surface area contributed by atoms with Crippen molar-refractivity contribution >= 4 is 10.8 Å². The molecule has 4 nitrogen and oxygen atoms in total. The molecule has 0 unspecified atom stereocenters. The van der Waals surface area contributed by atoms with E-state index in [0.29, 0.717) is 11.5 Å². The fourth-order valence-electron chi connectivity index (χ4n) is 4.08. The Morgan fingerprint density at radius 1 is 0.926 bits per heavy atom. The van der Waals surface area contributed by atoms with Crippen LogP contribution in [0.3, 0.4) is 0 Å². The number of benzene rings is 2. The van der Waals surface area contributed by atoms with Crippen molar-refractivity contribution in [3.05, 3.63) is 42.0 Å². The average Bonchev–Trinajstić information content (AvgIpc) is 2.66. The predicted octanol–water partition coefficient (Wildman–Crippen LogP) is 3.96. The highest BCUT2D eigenvalue weighted by molar-refractivity contribution is 5.84. The maximum absolute atomic E-state index is 9.50. The molecule has 0 bridgehead atoms. The molecule has 4 N–H and O–H groups in total. The van der Waals surface area contributed by atoms with Gasteiger partial charge in [0.2, 0.25) is 0 Å². The summed E-state index contributed by atoms with van der Waals surface area (Å²) in [5.74, 6) is 1.68. The Morgan fingerprint density at radius 2 is 1.52 bits per heavy atom. The lowest BCUT2D eigenvalue weighted by molar-refractivity contribution is 0.0883. The Hall–Kier alpha value is -1.62. The van der Waals surface area contributed by atoms with E-state index in [4.69, 9.17) is 10.5 Å². The lowest BCUT2D eigenvalue weighted by atomic mass is 9.72. The van der Waals surface area contributed by atoms with Crippen LogP contribution < -0.4 is 10.5 Å². The SMILES string of the molecule is CC(C)(C)[C@H]1CC[C@H](Oc2ccc3cc(C(N)(CO)CO)ccc3c2)CC1. The largest absolute Gasteiger partial charge is 0.490 e. The Balaban J connectivity index is 1.71. The summed E-state index contributed by atoms with van der Waals surface area (Å²) in [5, 5.41) is 21.1. The van der Waals surface area contributed by atoms with Crippen LogP contribution in [0.1, 0.15) is 52.0 Å². The van der Waals surface area contributed by atoms with Crippen LogP contribution in [0.5, 0.6) is 5.75 Å². The van der Waals surface area contributed by atoms with E-state index < -0.39 is 5.54 Å². The third kappa shape index (κ3) is 4.45. The topological polar surface area (TPSA) is 75.7 Å². The molecule has 0 aliphatic heterocycles. The summed E-state index contributed by atoms with van der Waals surface area (Å²) in [6.07, 6.45) is 4.97. The van der Waals surface area contributed by atoms with Crippen molar-refractivity contribution in [2.45, 2.75) is 58.1 Å². The fraction of sp³-hybridized carbons (Fsp3) is 0.565. The molecule has 27 heavy (non-hydrogen) atoms. The number of ether oxygens (including phenoxy) is 1. The second-order valence-electron chi connectivity index (χ2n) is 9.15. The Bertz CT molecular complexity index is 769. The standard InChI is InChI=1S/C23H33NO3/c1-22(2,3)18-7-10-20(11-8-18)27-21-9-5-16-12-19(6-4-17(16)13-21)23(24,14-25)15-26/h4-6,9,12-13,18,20,25-26H,7-8,10-11,14-15,24H2,1-3H3/t18-,20-. The van der Waals surface area contributed by atoms with Crippen LogP contribution in [-0.2, 0) is 5.54 Å². The molecule has 1 fully saturated rings. The summed E-state index contributed by atoms with van der Waals surface area (Å²) in [6.45, 7) is 6.40. The van der Waals surface area contributed by atoms with Gasteiger partial charge in [0.15, 0.2) is 0 Å². The van der Waals surface area contributed by atoms with E-state index in [1.54, 1.807) is 0 Å². The van der Waals surface area contributed by atoms with Crippen LogP contribution in [-0.4, -0.2) is 29.5 Å². The van der Waals surface area contributed by atoms with Gasteiger partial charge in [0.05, 0.1) is 24.9 Å². The first-order valence-electron chi connectivity index (χ1n) is 9.97. The first kappa shape index (κ1) is 20.1. The molecule has 1 aliphatic rings. The first-order valence-corrected chi connectivity index (χ1v) is 9.97. The minimum atomic E-state index is -1.12. The fourth-order valence-corrected chi connectivity index (χ4v) is 4.08. The van der Waals surface area contributed by atoms with Crippen molar-refractivity contribution < 1.29 is 14.9 Å². The molecular weight excluding hydrogens is 338 g/mol. The van der Waals surface area contributed by atoms with Crippen LogP contribution >= 0.6 is 0 Å². The minimum absolute atomic E-state index is 0.292. The van der Waals surface area contributed by atoms with Crippen molar-refractivity contribution in [2.24, 2.45) is 17.1 Å². The lowest BCUT2D eigenvalue weighted by Crippen LogP contribution is -2.44. The summed E-state index contributed by atoms with van der Waals surface area (Å²) >= 11 is 0. The van der Waals surface area contributed by atoms with Crippen molar-refractivity contribution in [3.63, 3.8) is 0 Å². The van der Waals surface area contributed by atoms with Gasteiger partial charge in [-0.1, -0.05) is 39.0 Å². The molecule has 148 valence electrons. The number of hydrogen-bond donors (Lipinski definition) is 3. The Labute approximate surface area is 162 Å². The molecule has 4 heteroatoms. The molecule has 0 saturated heterocycles. The molecule has 0 spiro atoms. The van der Waals surface area contributed by atoms with E-state index in [1.165, 1.54) is 12.8 Å². The van der Waals surface area contributed by atoms with Crippen molar-refractivity contribution in [1.29, 1.82) is 0 Å². The summed E-state index contributed by atoms with van der Waals surface area (Å²) in [4.78, 5) is 0. The summed E-state index contributed by atoms with van der Waals surface area (Å²) < 4.78 is 6.26. The third-order valence-corrected chi connectivity index (χ3v) is 6.15. The molecule has 0 aromatic heterocycles. The molecule has 2 aromatic rings. The summed E-state index contributed by atoms with van der Waals surface area (Å²) in [6, 6.07) is 11.8. The third-order valence-electron chi connectivity index (χ3n) is 6.15. The van der Waals surface area contributed by atoms with Gasteiger partial charge in [-0.3, -0.25) is 0 Å². The van der Waals surface area contributed by atoms with Gasteiger partial charge in [-0.05, 0) is 71.6 Å². The van der Waals surface area contributed by atoms with Gasteiger partial charge >= 0.3 is 0 Å². The van der Waals surface area contributed by atoms with E-state index in [9.17, 15) is 10.2 Å². The molecular formula is C23H33NO3. The lowest BCUT2D eigenvalue weighted by Gasteiger charge is -2.37. The molecule has 1 saturated carbocycles. The number of fused-ring (bicyclic) bond motifs is 1. The van der Waals surface area contributed by atoms with Crippen molar-refractivity contribution in [2.75, 3.05) is 13.2 Å². The van der Waals surface area contributed by atoms with Crippen LogP contribution in [0, 0.1) is 11.3 Å². The molecule has 0 atom stereocenters. The van der Waals surface area contributed by atoms with E-state index in [1.807, 2.05) is 30.3 Å². The second-order valence-corrected chi connectivity index (χ2v) is 9.15. The highest BCUT2D eigenvalue weighted by atomic mass is 16.5. The number of aliphatic hydroxyl groups is 2. The monoisotopic (exact) mass is 371 g/mol. The maximum atomic E-state index is 9.50. The zero-order valence-electron chi connectivity index (χ0n) is 16.7. The van der Waals surface area contributed by atoms with Gasteiger partial charge < -0.3 is 20.7 Å². The maximum Gasteiger partial charge on any atom is 0.120 e. The zero-order valence-corrected chi connectivity index (χ0v) is 16.7. The quantitative estimate of drug-likeness (QED) is 0.743. The first-order chi connectivity index (χ1) is 12.7. The second kappa shape index (κ2) is 7.78. The molecule has 0 amide bonds. The van der Waals surface area contributed by atoms with Crippen LogP contribution in [0.25, 0.3) is 10.8 Å². The summed E-state index contributed by atoms with van der Waals surface area (Å²) in [5.41, 5.74) is 6.08. The van der Waals surface area contributed by atoms with Crippen LogP contribution in [0.15, 0.2) is 36.4 Å². The number of aliphatic hydroxyl groups excluding tert-OH is 2. The number of hydrogen-bond acceptors (Lipinski definition) is 4. The molecule has 0 heterocycles. The Kier molecular flexibility index (Phi) is 5.80. The van der Waals surface area contributed by atoms with Crippen LogP contribution in [0.2, 0.25) is 0 Å². The minimum Gasteiger partial charge on any atom is -0.490 e. The number of nitrogens with two attached hydrogens (primary N) is 1. The van der Waals surface area contributed by atoms with Gasteiger partial charge in [0.1, 0.15) is 5.75 Å². The normalized spacial score (nSPS) is 21.4. The van der Waals surface area contributed by atoms with E-state index in [0.717, 1.165) is 40.8 Å². The van der Waals surface area contributed by atoms with E-state index in [2.05, 4.69) is 26.8 Å². The smallest absolute Gasteiger partial charge is 0.120 e. The van der Waals surface area contributed by atoms with Gasteiger partial charge in [0.25, 0.3) is 0 Å². The van der Waals surface area contributed by atoms with E-state index >= 15 is 0 Å².